The predicted octanol–water partition coefficient (Wildman–Crippen LogP) is 1.62. The van der Waals surface area contributed by atoms with Gasteiger partial charge < -0.3 is 15.1 Å². The molecule has 0 radical (unpaired) electrons. The van der Waals surface area contributed by atoms with E-state index >= 15 is 0 Å². The highest BCUT2D eigenvalue weighted by Gasteiger charge is 2.23. The molecule has 3 heteroatoms. The van der Waals surface area contributed by atoms with Crippen LogP contribution < -0.4 is 4.90 Å². The van der Waals surface area contributed by atoms with Crippen LogP contribution >= 0.6 is 0 Å². The van der Waals surface area contributed by atoms with Crippen LogP contribution in [0.5, 0.6) is 5.75 Å². The lowest BCUT2D eigenvalue weighted by Crippen LogP contribution is -2.29. The standard InChI is InChI=1S/C11H15NO2/c1-8-9(4-2-5-10(8)13)12-7-3-6-11(12)14/h2,4-5,11,13-14H,3,6-7H2,1H3. The molecule has 76 valence electrons. The molecule has 1 atom stereocenters. The molecule has 1 aromatic rings. The Kier molecular flexibility index (Phi) is 2.33. The molecule has 14 heavy (non-hydrogen) atoms. The second-order valence-electron chi connectivity index (χ2n) is 3.74. The fraction of sp³-hybridized carbons (Fsp3) is 0.455. The molecule has 2 N–H and O–H groups in total. The molecule has 0 spiro atoms. The van der Waals surface area contributed by atoms with Crippen molar-refractivity contribution in [1.82, 2.24) is 0 Å². The van der Waals surface area contributed by atoms with E-state index in [0.717, 1.165) is 30.6 Å². The highest BCUT2D eigenvalue weighted by molar-refractivity contribution is 5.59. The molecule has 1 aliphatic rings. The van der Waals surface area contributed by atoms with E-state index in [2.05, 4.69) is 0 Å². The average molecular weight is 193 g/mol. The third kappa shape index (κ3) is 1.44. The van der Waals surface area contributed by atoms with Crippen molar-refractivity contribution in [2.24, 2.45) is 0 Å². The van der Waals surface area contributed by atoms with Gasteiger partial charge in [0.2, 0.25) is 0 Å². The number of rotatable bonds is 1. The van der Waals surface area contributed by atoms with Crippen LogP contribution in [0.3, 0.4) is 0 Å². The molecule has 1 saturated heterocycles. The molecule has 0 amide bonds. The van der Waals surface area contributed by atoms with Crippen LogP contribution in [0.1, 0.15) is 18.4 Å². The lowest BCUT2D eigenvalue weighted by Gasteiger charge is -2.24. The SMILES string of the molecule is Cc1c(O)cccc1N1CCCC1O. The third-order valence-electron chi connectivity index (χ3n) is 2.81. The van der Waals surface area contributed by atoms with Crippen molar-refractivity contribution in [3.05, 3.63) is 23.8 Å². The summed E-state index contributed by atoms with van der Waals surface area (Å²) < 4.78 is 0. The van der Waals surface area contributed by atoms with Gasteiger partial charge in [-0.3, -0.25) is 0 Å². The summed E-state index contributed by atoms with van der Waals surface area (Å²) in [4.78, 5) is 1.94. The monoisotopic (exact) mass is 193 g/mol. The molecule has 3 nitrogen and oxygen atoms in total. The number of aliphatic hydroxyl groups is 1. The van der Waals surface area contributed by atoms with Gasteiger partial charge in [-0.2, -0.15) is 0 Å². The molecule has 2 rings (SSSR count). The lowest BCUT2D eigenvalue weighted by molar-refractivity contribution is 0.185. The summed E-state index contributed by atoms with van der Waals surface area (Å²) in [5.74, 6) is 0.293. The Morgan fingerprint density at radius 3 is 2.86 bits per heavy atom. The Bertz CT molecular complexity index is 338. The van der Waals surface area contributed by atoms with Crippen LogP contribution in [-0.2, 0) is 0 Å². The highest BCUT2D eigenvalue weighted by Crippen LogP contribution is 2.31. The van der Waals surface area contributed by atoms with Gasteiger partial charge in [-0.05, 0) is 31.9 Å². The van der Waals surface area contributed by atoms with Crippen molar-refractivity contribution >= 4 is 5.69 Å². The fourth-order valence-corrected chi connectivity index (χ4v) is 1.95. The van der Waals surface area contributed by atoms with Gasteiger partial charge >= 0.3 is 0 Å². The summed E-state index contributed by atoms with van der Waals surface area (Å²) in [6.45, 7) is 2.74. The van der Waals surface area contributed by atoms with Gasteiger partial charge in [-0.25, -0.2) is 0 Å². The number of phenolic OH excluding ortho intramolecular Hbond substituents is 1. The van der Waals surface area contributed by atoms with Crippen molar-refractivity contribution in [1.29, 1.82) is 0 Å². The maximum absolute atomic E-state index is 9.70. The van der Waals surface area contributed by atoms with Gasteiger partial charge in [0.15, 0.2) is 0 Å². The molecular formula is C11H15NO2. The highest BCUT2D eigenvalue weighted by atomic mass is 16.3. The molecule has 0 bridgehead atoms. The van der Waals surface area contributed by atoms with E-state index in [0.29, 0.717) is 5.75 Å². The number of aliphatic hydroxyl groups excluding tert-OH is 1. The number of hydrogen-bond donors (Lipinski definition) is 2. The minimum absolute atomic E-state index is 0.293. The van der Waals surface area contributed by atoms with Gasteiger partial charge in [0.25, 0.3) is 0 Å². The predicted molar refractivity (Wildman–Crippen MR) is 55.4 cm³/mol. The van der Waals surface area contributed by atoms with Crippen LogP contribution in [0, 0.1) is 6.92 Å². The molecular weight excluding hydrogens is 178 g/mol. The van der Waals surface area contributed by atoms with Gasteiger partial charge in [0, 0.05) is 17.8 Å². The summed E-state index contributed by atoms with van der Waals surface area (Å²) >= 11 is 0. The lowest BCUT2D eigenvalue weighted by atomic mass is 10.1. The second kappa shape index (κ2) is 3.50. The molecule has 1 aliphatic heterocycles. The Balaban J connectivity index is 2.36. The van der Waals surface area contributed by atoms with Crippen molar-refractivity contribution in [2.45, 2.75) is 26.0 Å². The van der Waals surface area contributed by atoms with Crippen LogP contribution in [0.2, 0.25) is 0 Å². The number of nitrogens with zero attached hydrogens (tertiary/aromatic N) is 1. The van der Waals surface area contributed by atoms with Crippen molar-refractivity contribution in [3.8, 4) is 5.75 Å². The van der Waals surface area contributed by atoms with E-state index < -0.39 is 6.23 Å². The molecule has 1 heterocycles. The van der Waals surface area contributed by atoms with Crippen molar-refractivity contribution < 1.29 is 10.2 Å². The van der Waals surface area contributed by atoms with Gasteiger partial charge in [0.1, 0.15) is 12.0 Å². The zero-order chi connectivity index (χ0) is 10.1. The first-order valence-corrected chi connectivity index (χ1v) is 4.93. The first-order chi connectivity index (χ1) is 6.70. The normalized spacial score (nSPS) is 21.6. The van der Waals surface area contributed by atoms with E-state index in [9.17, 15) is 10.2 Å². The quantitative estimate of drug-likeness (QED) is 0.712. The van der Waals surface area contributed by atoms with Crippen LogP contribution in [-0.4, -0.2) is 23.0 Å². The Morgan fingerprint density at radius 1 is 1.43 bits per heavy atom. The average Bonchev–Trinajstić information content (AvgIpc) is 2.57. The summed E-state index contributed by atoms with van der Waals surface area (Å²) in [7, 11) is 0. The molecule has 1 aromatic carbocycles. The number of phenols is 1. The zero-order valence-electron chi connectivity index (χ0n) is 8.27. The summed E-state index contributed by atoms with van der Waals surface area (Å²) in [6.07, 6.45) is 1.43. The van der Waals surface area contributed by atoms with E-state index in [1.165, 1.54) is 0 Å². The maximum Gasteiger partial charge on any atom is 0.126 e. The second-order valence-corrected chi connectivity index (χ2v) is 3.74. The van der Waals surface area contributed by atoms with Crippen molar-refractivity contribution in [2.75, 3.05) is 11.4 Å². The summed E-state index contributed by atoms with van der Waals surface area (Å²) in [5.41, 5.74) is 1.78. The topological polar surface area (TPSA) is 43.7 Å². The number of aromatic hydroxyl groups is 1. The van der Waals surface area contributed by atoms with E-state index in [1.807, 2.05) is 24.0 Å². The van der Waals surface area contributed by atoms with Crippen LogP contribution in [0.25, 0.3) is 0 Å². The third-order valence-corrected chi connectivity index (χ3v) is 2.81. The van der Waals surface area contributed by atoms with Gasteiger partial charge in [-0.1, -0.05) is 6.07 Å². The number of hydrogen-bond acceptors (Lipinski definition) is 3. The zero-order valence-corrected chi connectivity index (χ0v) is 8.27. The summed E-state index contributed by atoms with van der Waals surface area (Å²) in [5, 5.41) is 19.2. The largest absolute Gasteiger partial charge is 0.508 e. The molecule has 0 aliphatic carbocycles. The Labute approximate surface area is 83.6 Å². The van der Waals surface area contributed by atoms with E-state index in [1.54, 1.807) is 6.07 Å². The molecule has 0 aromatic heterocycles. The summed E-state index contributed by atoms with van der Waals surface area (Å²) in [6, 6.07) is 5.41. The number of benzene rings is 1. The van der Waals surface area contributed by atoms with Gasteiger partial charge in [-0.15, -0.1) is 0 Å². The smallest absolute Gasteiger partial charge is 0.126 e. The first-order valence-electron chi connectivity index (χ1n) is 4.93. The van der Waals surface area contributed by atoms with Crippen molar-refractivity contribution in [3.63, 3.8) is 0 Å². The molecule has 1 fully saturated rings. The Morgan fingerprint density at radius 2 is 2.21 bits per heavy atom. The van der Waals surface area contributed by atoms with E-state index in [4.69, 9.17) is 0 Å². The number of anilines is 1. The minimum atomic E-state index is -0.393. The minimum Gasteiger partial charge on any atom is -0.508 e. The van der Waals surface area contributed by atoms with Crippen LogP contribution in [0.15, 0.2) is 18.2 Å². The molecule has 1 unspecified atom stereocenters. The fourth-order valence-electron chi connectivity index (χ4n) is 1.95. The van der Waals surface area contributed by atoms with Gasteiger partial charge in [0.05, 0.1) is 0 Å². The first kappa shape index (κ1) is 9.34. The Hall–Kier alpha value is -1.22. The molecule has 0 saturated carbocycles. The maximum atomic E-state index is 9.70. The van der Waals surface area contributed by atoms with Crippen LogP contribution in [0.4, 0.5) is 5.69 Å². The van der Waals surface area contributed by atoms with E-state index in [-0.39, 0.29) is 0 Å².